The van der Waals surface area contributed by atoms with Gasteiger partial charge in [0.1, 0.15) is 23.0 Å². The second kappa shape index (κ2) is 9.92. The number of benzene rings is 3. The average molecular weight is 486 g/mol. The summed E-state index contributed by atoms with van der Waals surface area (Å²) in [5.41, 5.74) is -0.323. The zero-order valence-corrected chi connectivity index (χ0v) is 19.3. The Morgan fingerprint density at radius 2 is 1.57 bits per heavy atom. The Morgan fingerprint density at radius 3 is 2.20 bits per heavy atom. The quantitative estimate of drug-likeness (QED) is 0.400. The van der Waals surface area contributed by atoms with Crippen LogP contribution in [0.4, 0.5) is 13.2 Å². The van der Waals surface area contributed by atoms with E-state index in [2.05, 4.69) is 4.90 Å². The van der Waals surface area contributed by atoms with Crippen LogP contribution >= 0.6 is 0 Å². The molecule has 0 fully saturated rings. The van der Waals surface area contributed by atoms with Crippen LogP contribution in [-0.2, 0) is 0 Å². The van der Waals surface area contributed by atoms with Crippen LogP contribution in [0.25, 0.3) is 11.1 Å². The van der Waals surface area contributed by atoms with Crippen molar-refractivity contribution in [3.8, 4) is 23.0 Å². The van der Waals surface area contributed by atoms with Gasteiger partial charge in [0.05, 0.1) is 12.2 Å². The molecule has 4 rings (SSSR count). The maximum atomic E-state index is 14.5. The van der Waals surface area contributed by atoms with Crippen molar-refractivity contribution in [3.05, 3.63) is 83.4 Å². The number of fused-ring (bicyclic) bond motifs is 1. The fourth-order valence-corrected chi connectivity index (χ4v) is 4.06. The van der Waals surface area contributed by atoms with Gasteiger partial charge in [0, 0.05) is 23.7 Å². The molecular formula is C27H26F3NO4. The molecule has 1 aliphatic rings. The van der Waals surface area contributed by atoms with Crippen molar-refractivity contribution in [2.45, 2.75) is 18.7 Å². The van der Waals surface area contributed by atoms with Gasteiger partial charge in [-0.25, -0.2) is 0 Å². The summed E-state index contributed by atoms with van der Waals surface area (Å²) in [7, 11) is 3.95. The third-order valence-corrected chi connectivity index (χ3v) is 5.67. The zero-order chi connectivity index (χ0) is 25.2. The summed E-state index contributed by atoms with van der Waals surface area (Å²) in [6.07, 6.45) is -4.96. The van der Waals surface area contributed by atoms with Crippen LogP contribution in [0.15, 0.2) is 66.7 Å². The first-order chi connectivity index (χ1) is 16.6. The fourth-order valence-electron chi connectivity index (χ4n) is 4.06. The number of rotatable bonds is 7. The minimum absolute atomic E-state index is 0.0581. The van der Waals surface area contributed by atoms with Gasteiger partial charge in [-0.15, -0.1) is 0 Å². The van der Waals surface area contributed by atoms with Crippen LogP contribution < -0.4 is 9.47 Å². The van der Waals surface area contributed by atoms with E-state index in [1.807, 2.05) is 14.1 Å². The van der Waals surface area contributed by atoms with E-state index in [4.69, 9.17) is 9.47 Å². The SMILES string of the molecule is CN(C)CCCOc1ccc(C2Oc3cc(O)ccc3C(C(F)(F)F)=C2c2ccc(O)cc2)cc1. The first-order valence-corrected chi connectivity index (χ1v) is 11.1. The number of nitrogens with zero attached hydrogens (tertiary/aromatic N) is 1. The highest BCUT2D eigenvalue weighted by molar-refractivity contribution is 5.98. The van der Waals surface area contributed by atoms with Crippen LogP contribution in [0.3, 0.4) is 0 Å². The molecule has 8 heteroatoms. The van der Waals surface area contributed by atoms with Crippen molar-refractivity contribution in [2.24, 2.45) is 0 Å². The van der Waals surface area contributed by atoms with Crippen molar-refractivity contribution in [1.29, 1.82) is 0 Å². The van der Waals surface area contributed by atoms with Crippen LogP contribution in [0.5, 0.6) is 23.0 Å². The Labute approximate surface area is 201 Å². The summed E-state index contributed by atoms with van der Waals surface area (Å²) in [5.74, 6) is 0.289. The van der Waals surface area contributed by atoms with Gasteiger partial charge in [-0.1, -0.05) is 24.3 Å². The number of aromatic hydroxyl groups is 2. The van der Waals surface area contributed by atoms with Gasteiger partial charge in [0.2, 0.25) is 0 Å². The fraction of sp³-hybridized carbons (Fsp3) is 0.259. The summed E-state index contributed by atoms with van der Waals surface area (Å²) in [5, 5.41) is 19.6. The maximum Gasteiger partial charge on any atom is 0.417 e. The van der Waals surface area contributed by atoms with Crippen molar-refractivity contribution < 1.29 is 32.9 Å². The second-order valence-electron chi connectivity index (χ2n) is 8.59. The van der Waals surface area contributed by atoms with Gasteiger partial charge in [0.15, 0.2) is 6.10 Å². The highest BCUT2D eigenvalue weighted by Gasteiger charge is 2.44. The van der Waals surface area contributed by atoms with Crippen molar-refractivity contribution >= 4 is 11.1 Å². The second-order valence-corrected chi connectivity index (χ2v) is 8.59. The van der Waals surface area contributed by atoms with Crippen LogP contribution in [0.1, 0.15) is 29.2 Å². The van der Waals surface area contributed by atoms with Crippen molar-refractivity contribution in [3.63, 3.8) is 0 Å². The smallest absolute Gasteiger partial charge is 0.417 e. The maximum absolute atomic E-state index is 14.5. The number of hydrogen-bond acceptors (Lipinski definition) is 5. The minimum atomic E-state index is -4.70. The molecule has 1 heterocycles. The Balaban J connectivity index is 1.77. The van der Waals surface area contributed by atoms with E-state index in [-0.39, 0.29) is 33.9 Å². The molecule has 2 N–H and O–H groups in total. The van der Waals surface area contributed by atoms with E-state index in [1.165, 1.54) is 42.5 Å². The molecule has 0 spiro atoms. The molecule has 0 saturated carbocycles. The Hall–Kier alpha value is -3.65. The Bertz CT molecular complexity index is 1200. The van der Waals surface area contributed by atoms with E-state index >= 15 is 0 Å². The van der Waals surface area contributed by atoms with Gasteiger partial charge in [-0.05, 0) is 68.0 Å². The molecule has 3 aromatic carbocycles. The summed E-state index contributed by atoms with van der Waals surface area (Å²) >= 11 is 0. The van der Waals surface area contributed by atoms with E-state index in [9.17, 15) is 23.4 Å². The van der Waals surface area contributed by atoms with Crippen molar-refractivity contribution in [2.75, 3.05) is 27.2 Å². The molecule has 35 heavy (non-hydrogen) atoms. The lowest BCUT2D eigenvalue weighted by Gasteiger charge is -2.33. The molecule has 0 aromatic heterocycles. The van der Waals surface area contributed by atoms with Gasteiger partial charge >= 0.3 is 6.18 Å². The summed E-state index contributed by atoms with van der Waals surface area (Å²) in [4.78, 5) is 2.05. The van der Waals surface area contributed by atoms with Gasteiger partial charge in [-0.3, -0.25) is 0 Å². The number of allylic oxidation sites excluding steroid dienone is 1. The van der Waals surface area contributed by atoms with Gasteiger partial charge in [0.25, 0.3) is 0 Å². The molecule has 184 valence electrons. The normalized spacial score (nSPS) is 15.7. The molecule has 0 radical (unpaired) electrons. The molecule has 5 nitrogen and oxygen atoms in total. The number of ether oxygens (including phenoxy) is 2. The predicted molar refractivity (Wildman–Crippen MR) is 128 cm³/mol. The molecule has 1 aliphatic heterocycles. The molecule has 0 bridgehead atoms. The lowest BCUT2D eigenvalue weighted by atomic mass is 9.85. The Morgan fingerprint density at radius 1 is 0.914 bits per heavy atom. The third-order valence-electron chi connectivity index (χ3n) is 5.67. The Kier molecular flexibility index (Phi) is 6.93. The molecule has 0 saturated heterocycles. The standard InChI is InChI=1S/C27H26F3NO4/c1-31(2)14-3-15-34-21-11-6-18(7-12-21)26-24(17-4-8-19(32)9-5-17)25(27(28,29)30)22-13-10-20(33)16-23(22)35-26/h4-13,16,26,32-33H,3,14-15H2,1-2H3. The lowest BCUT2D eigenvalue weighted by molar-refractivity contribution is -0.0695. The highest BCUT2D eigenvalue weighted by atomic mass is 19.4. The highest BCUT2D eigenvalue weighted by Crippen LogP contribution is 2.53. The largest absolute Gasteiger partial charge is 0.508 e. The zero-order valence-electron chi connectivity index (χ0n) is 19.3. The minimum Gasteiger partial charge on any atom is -0.508 e. The molecular weight excluding hydrogens is 459 g/mol. The first-order valence-electron chi connectivity index (χ1n) is 11.1. The number of hydrogen-bond donors (Lipinski definition) is 2. The molecule has 1 atom stereocenters. The topological polar surface area (TPSA) is 62.2 Å². The van der Waals surface area contributed by atoms with E-state index in [1.54, 1.807) is 24.3 Å². The van der Waals surface area contributed by atoms with Crippen LogP contribution in [-0.4, -0.2) is 48.5 Å². The third kappa shape index (κ3) is 5.54. The van der Waals surface area contributed by atoms with Crippen molar-refractivity contribution in [1.82, 2.24) is 4.90 Å². The lowest BCUT2D eigenvalue weighted by Crippen LogP contribution is -2.23. The number of alkyl halides is 3. The van der Waals surface area contributed by atoms with E-state index in [0.717, 1.165) is 13.0 Å². The summed E-state index contributed by atoms with van der Waals surface area (Å²) in [6.45, 7) is 1.39. The number of phenolic OH excluding ortho intramolecular Hbond substituents is 2. The summed E-state index contributed by atoms with van der Waals surface area (Å²) < 4.78 is 55.2. The average Bonchev–Trinajstić information content (AvgIpc) is 2.81. The monoisotopic (exact) mass is 485 g/mol. The number of halogens is 3. The molecule has 0 aliphatic carbocycles. The predicted octanol–water partition coefficient (Wildman–Crippen LogP) is 6.04. The van der Waals surface area contributed by atoms with Gasteiger partial charge in [-0.2, -0.15) is 13.2 Å². The molecule has 3 aromatic rings. The molecule has 1 unspecified atom stereocenters. The van der Waals surface area contributed by atoms with Crippen LogP contribution in [0.2, 0.25) is 0 Å². The van der Waals surface area contributed by atoms with E-state index < -0.39 is 17.9 Å². The van der Waals surface area contributed by atoms with Crippen LogP contribution in [0, 0.1) is 0 Å². The molecule has 0 amide bonds. The first kappa shape index (κ1) is 24.5. The van der Waals surface area contributed by atoms with E-state index in [0.29, 0.717) is 17.9 Å². The summed E-state index contributed by atoms with van der Waals surface area (Å²) in [6, 6.07) is 15.9. The number of phenols is 2. The van der Waals surface area contributed by atoms with Gasteiger partial charge < -0.3 is 24.6 Å².